The van der Waals surface area contributed by atoms with E-state index < -0.39 is 8.07 Å². The van der Waals surface area contributed by atoms with Crippen molar-refractivity contribution in [2.45, 2.75) is 89.3 Å². The Morgan fingerprint density at radius 2 is 1.79 bits per heavy atom. The van der Waals surface area contributed by atoms with Crippen molar-refractivity contribution in [2.75, 3.05) is 25.2 Å². The Balaban J connectivity index is 1.29. The van der Waals surface area contributed by atoms with Gasteiger partial charge in [-0.15, -0.1) is 5.10 Å². The molecule has 0 aliphatic carbocycles. The van der Waals surface area contributed by atoms with Gasteiger partial charge < -0.3 is 19.5 Å². The van der Waals surface area contributed by atoms with E-state index in [4.69, 9.17) is 9.47 Å². The standard InChI is InChI=1S/C33H46N4O4Si/c1-24-30(17-10-25-8-11-27(12-9-25)37-20-6-5-7-32(37)39)41-31(18-21-36-23-26(19-22-38)34-35-36)33(24)42(3,4)29-15-13-28(40-2)14-16-29/h8-9,11-16,23-24,30-31,33,38H,5-7,10,17-22H2,1-4H3/t24-,30+,31-,33+/m1/s1. The van der Waals surface area contributed by atoms with E-state index in [0.29, 0.717) is 24.3 Å². The number of methoxy groups -OCH3 is 1. The zero-order valence-corrected chi connectivity index (χ0v) is 26.5. The first-order valence-corrected chi connectivity index (χ1v) is 18.6. The number of rotatable bonds is 12. The number of aryl methyl sites for hydroxylation is 2. The normalized spacial score (nSPS) is 23.0. The molecule has 226 valence electrons. The van der Waals surface area contributed by atoms with Crippen LogP contribution in [0.15, 0.2) is 54.7 Å². The maximum atomic E-state index is 12.4. The van der Waals surface area contributed by atoms with Crippen LogP contribution in [-0.2, 0) is 28.9 Å². The number of aromatic nitrogens is 3. The summed E-state index contributed by atoms with van der Waals surface area (Å²) >= 11 is 0. The van der Waals surface area contributed by atoms with Crippen molar-refractivity contribution >= 4 is 24.9 Å². The van der Waals surface area contributed by atoms with E-state index in [1.165, 1.54) is 10.8 Å². The van der Waals surface area contributed by atoms with Gasteiger partial charge in [0.2, 0.25) is 5.91 Å². The lowest BCUT2D eigenvalue weighted by Crippen LogP contribution is -2.50. The molecule has 0 spiro atoms. The van der Waals surface area contributed by atoms with Gasteiger partial charge in [0.25, 0.3) is 0 Å². The highest BCUT2D eigenvalue weighted by atomic mass is 28.3. The third-order valence-corrected chi connectivity index (χ3v) is 13.8. The average Bonchev–Trinajstić information content (AvgIpc) is 3.59. The largest absolute Gasteiger partial charge is 0.497 e. The van der Waals surface area contributed by atoms with Crippen LogP contribution in [0.3, 0.4) is 0 Å². The third kappa shape index (κ3) is 6.79. The second-order valence-corrected chi connectivity index (χ2v) is 17.2. The number of nitrogens with zero attached hydrogens (tertiary/aromatic N) is 4. The lowest BCUT2D eigenvalue weighted by Gasteiger charge is -2.36. The minimum Gasteiger partial charge on any atom is -0.497 e. The second-order valence-electron chi connectivity index (χ2n) is 12.5. The van der Waals surface area contributed by atoms with Crippen LogP contribution in [-0.4, -0.2) is 66.6 Å². The molecule has 1 amide bonds. The van der Waals surface area contributed by atoms with E-state index in [0.717, 1.165) is 62.3 Å². The minimum atomic E-state index is -1.93. The number of anilines is 1. The molecule has 1 N–H and O–H groups in total. The summed E-state index contributed by atoms with van der Waals surface area (Å²) < 4.78 is 14.2. The van der Waals surface area contributed by atoms with Crippen LogP contribution in [0.1, 0.15) is 50.3 Å². The second kappa shape index (κ2) is 13.5. The molecule has 4 atom stereocenters. The Hall–Kier alpha value is -3.01. The summed E-state index contributed by atoms with van der Waals surface area (Å²) in [6.07, 6.45) is 8.27. The number of aliphatic hydroxyl groups is 1. The van der Waals surface area contributed by atoms with Gasteiger partial charge in [-0.3, -0.25) is 9.48 Å². The molecule has 0 radical (unpaired) electrons. The average molecular weight is 591 g/mol. The van der Waals surface area contributed by atoms with Crippen molar-refractivity contribution in [1.82, 2.24) is 15.0 Å². The van der Waals surface area contributed by atoms with Gasteiger partial charge in [0.1, 0.15) is 5.75 Å². The van der Waals surface area contributed by atoms with E-state index in [9.17, 15) is 9.90 Å². The molecule has 0 saturated carbocycles. The van der Waals surface area contributed by atoms with Gasteiger partial charge in [0, 0.05) is 44.4 Å². The molecule has 9 heteroatoms. The van der Waals surface area contributed by atoms with Gasteiger partial charge >= 0.3 is 0 Å². The van der Waals surface area contributed by atoms with Gasteiger partial charge in [-0.05, 0) is 73.4 Å². The quantitative estimate of drug-likeness (QED) is 0.306. The maximum Gasteiger partial charge on any atom is 0.226 e. The van der Waals surface area contributed by atoms with Crippen LogP contribution in [0.25, 0.3) is 0 Å². The fraction of sp³-hybridized carbons (Fsp3) is 0.545. The predicted molar refractivity (Wildman–Crippen MR) is 168 cm³/mol. The molecule has 42 heavy (non-hydrogen) atoms. The number of ether oxygens (including phenoxy) is 2. The number of carbonyl (C=O) groups is 1. The summed E-state index contributed by atoms with van der Waals surface area (Å²) in [7, 11) is -0.223. The molecule has 2 fully saturated rings. The molecule has 2 saturated heterocycles. The van der Waals surface area contributed by atoms with Crippen LogP contribution in [0, 0.1) is 5.92 Å². The highest BCUT2D eigenvalue weighted by Gasteiger charge is 2.50. The number of benzene rings is 2. The molecule has 5 rings (SSSR count). The van der Waals surface area contributed by atoms with E-state index >= 15 is 0 Å². The van der Waals surface area contributed by atoms with Crippen LogP contribution >= 0.6 is 0 Å². The summed E-state index contributed by atoms with van der Waals surface area (Å²) in [6, 6.07) is 17.2. The fourth-order valence-electron chi connectivity index (χ4n) is 7.08. The van der Waals surface area contributed by atoms with Gasteiger partial charge in [0.05, 0.1) is 33.1 Å². The van der Waals surface area contributed by atoms with Crippen molar-refractivity contribution in [3.05, 3.63) is 66.0 Å². The van der Waals surface area contributed by atoms with E-state index in [1.54, 1.807) is 7.11 Å². The Kier molecular flexibility index (Phi) is 9.80. The lowest BCUT2D eigenvalue weighted by molar-refractivity contribution is -0.119. The maximum absolute atomic E-state index is 12.4. The minimum absolute atomic E-state index is 0.0758. The molecule has 0 unspecified atom stereocenters. The predicted octanol–water partition coefficient (Wildman–Crippen LogP) is 4.75. The number of carbonyl (C=O) groups excluding carboxylic acids is 1. The van der Waals surface area contributed by atoms with E-state index in [-0.39, 0.29) is 24.7 Å². The van der Waals surface area contributed by atoms with Gasteiger partial charge in [-0.25, -0.2) is 0 Å². The van der Waals surface area contributed by atoms with E-state index in [1.807, 2.05) is 15.8 Å². The zero-order chi connectivity index (χ0) is 29.7. The van der Waals surface area contributed by atoms with Gasteiger partial charge in [0.15, 0.2) is 0 Å². The summed E-state index contributed by atoms with van der Waals surface area (Å²) in [5.41, 5.74) is 3.56. The van der Waals surface area contributed by atoms with Crippen molar-refractivity contribution in [1.29, 1.82) is 0 Å². The van der Waals surface area contributed by atoms with E-state index in [2.05, 4.69) is 78.9 Å². The van der Waals surface area contributed by atoms with Crippen molar-refractivity contribution in [2.24, 2.45) is 5.92 Å². The van der Waals surface area contributed by atoms with Gasteiger partial charge in [-0.2, -0.15) is 0 Å². The first kappa shape index (κ1) is 30.4. The summed E-state index contributed by atoms with van der Waals surface area (Å²) in [5.74, 6) is 1.54. The number of aliphatic hydroxyl groups excluding tert-OH is 1. The van der Waals surface area contributed by atoms with Gasteiger partial charge in [-0.1, -0.05) is 54.7 Å². The number of piperidine rings is 1. The summed E-state index contributed by atoms with van der Waals surface area (Å²) in [6.45, 7) is 8.97. The summed E-state index contributed by atoms with van der Waals surface area (Å²) in [4.78, 5) is 14.3. The molecule has 8 nitrogen and oxygen atoms in total. The van der Waals surface area contributed by atoms with Crippen molar-refractivity contribution < 1.29 is 19.4 Å². The van der Waals surface area contributed by atoms with Crippen LogP contribution in [0.5, 0.6) is 5.75 Å². The number of hydrogen-bond donors (Lipinski definition) is 1. The van der Waals surface area contributed by atoms with Crippen LogP contribution in [0.2, 0.25) is 18.6 Å². The molecule has 0 bridgehead atoms. The van der Waals surface area contributed by atoms with Crippen LogP contribution in [0.4, 0.5) is 5.69 Å². The Labute approximate surface area is 251 Å². The molecular weight excluding hydrogens is 544 g/mol. The first-order chi connectivity index (χ1) is 20.3. The molecule has 2 aliphatic heterocycles. The zero-order valence-electron chi connectivity index (χ0n) is 25.5. The van der Waals surface area contributed by atoms with Crippen LogP contribution < -0.4 is 14.8 Å². The SMILES string of the molecule is COc1ccc([Si](C)(C)[C@H]2[C@H](C)[C@H](CCc3ccc(N4CCCCC4=O)cc3)O[C@@H]2CCn2cc(CCO)nn2)cc1. The monoisotopic (exact) mass is 590 g/mol. The Bertz CT molecular complexity index is 1310. The van der Waals surface area contributed by atoms with Crippen molar-refractivity contribution in [3.63, 3.8) is 0 Å². The van der Waals surface area contributed by atoms with Crippen molar-refractivity contribution in [3.8, 4) is 5.75 Å². The lowest BCUT2D eigenvalue weighted by atomic mass is 9.95. The third-order valence-electron chi connectivity index (χ3n) is 9.46. The highest BCUT2D eigenvalue weighted by molar-refractivity contribution is 6.91. The Morgan fingerprint density at radius 3 is 2.48 bits per heavy atom. The number of hydrogen-bond acceptors (Lipinski definition) is 6. The smallest absolute Gasteiger partial charge is 0.226 e. The molecule has 3 heterocycles. The first-order valence-electron chi connectivity index (χ1n) is 15.5. The topological polar surface area (TPSA) is 89.7 Å². The Morgan fingerprint density at radius 1 is 1.02 bits per heavy atom. The number of amides is 1. The fourth-order valence-corrected chi connectivity index (χ4v) is 11.2. The molecule has 1 aromatic heterocycles. The molecule has 2 aliphatic rings. The molecule has 3 aromatic rings. The highest BCUT2D eigenvalue weighted by Crippen LogP contribution is 2.46. The molecular formula is C33H46N4O4Si. The molecule has 2 aromatic carbocycles. The summed E-state index contributed by atoms with van der Waals surface area (Å²) in [5, 5.41) is 19.2.